The van der Waals surface area contributed by atoms with Crippen LogP contribution in [0.1, 0.15) is 42.5 Å². The van der Waals surface area contributed by atoms with Crippen molar-refractivity contribution >= 4 is 17.4 Å². The number of urea groups is 1. The third-order valence-electron chi connectivity index (χ3n) is 3.40. The molecule has 0 spiro atoms. The van der Waals surface area contributed by atoms with Gasteiger partial charge in [-0.25, -0.2) is 9.78 Å². The average molecular weight is 283 g/mol. The Bertz CT molecular complexity index is 422. The van der Waals surface area contributed by atoms with E-state index >= 15 is 0 Å². The molecule has 1 saturated carbocycles. The molecule has 3 N–H and O–H groups in total. The van der Waals surface area contributed by atoms with Crippen molar-refractivity contribution in [3.63, 3.8) is 0 Å². The molecule has 0 aliphatic heterocycles. The van der Waals surface area contributed by atoms with E-state index in [2.05, 4.69) is 22.5 Å². The average Bonchev–Trinajstić information content (AvgIpc) is 2.87. The van der Waals surface area contributed by atoms with Crippen LogP contribution in [-0.2, 0) is 13.0 Å². The number of hydrogen-bond acceptors (Lipinski definition) is 4. The zero-order chi connectivity index (χ0) is 13.7. The number of nitrogens with zero attached hydrogens (tertiary/aromatic N) is 1. The molecule has 0 bridgehead atoms. The summed E-state index contributed by atoms with van der Waals surface area (Å²) in [6.45, 7) is 2.53. The Kier molecular flexibility index (Phi) is 5.15. The van der Waals surface area contributed by atoms with Crippen LogP contribution in [-0.4, -0.2) is 28.3 Å². The maximum atomic E-state index is 11.8. The molecule has 1 aliphatic carbocycles. The molecule has 2 amide bonds. The molecule has 1 heterocycles. The third-order valence-corrected chi connectivity index (χ3v) is 4.54. The van der Waals surface area contributed by atoms with Crippen LogP contribution in [0.5, 0.6) is 0 Å². The second kappa shape index (κ2) is 6.86. The lowest BCUT2D eigenvalue weighted by Crippen LogP contribution is -2.48. The summed E-state index contributed by atoms with van der Waals surface area (Å²) in [5.41, 5.74) is 0. The summed E-state index contributed by atoms with van der Waals surface area (Å²) in [5.74, 6) is 0. The minimum Gasteiger partial charge on any atom is -0.391 e. The fourth-order valence-electron chi connectivity index (χ4n) is 2.25. The second-order valence-electron chi connectivity index (χ2n) is 4.86. The number of amides is 2. The molecule has 1 fully saturated rings. The van der Waals surface area contributed by atoms with Crippen molar-refractivity contribution in [1.82, 2.24) is 15.6 Å². The SMILES string of the molecule is CCc1cnc(CNC(=O)NC2CCCCC2O)s1. The first-order valence-electron chi connectivity index (χ1n) is 6.85. The quantitative estimate of drug-likeness (QED) is 0.789. The normalized spacial score (nSPS) is 23.1. The first-order valence-corrected chi connectivity index (χ1v) is 7.66. The van der Waals surface area contributed by atoms with Gasteiger partial charge >= 0.3 is 6.03 Å². The molecule has 2 atom stereocenters. The number of carbonyl (C=O) groups is 1. The lowest BCUT2D eigenvalue weighted by Gasteiger charge is -2.28. The van der Waals surface area contributed by atoms with Crippen LogP contribution in [0.3, 0.4) is 0 Å². The minimum atomic E-state index is -0.411. The highest BCUT2D eigenvalue weighted by atomic mass is 32.1. The van der Waals surface area contributed by atoms with Gasteiger partial charge in [0.2, 0.25) is 0 Å². The lowest BCUT2D eigenvalue weighted by molar-refractivity contribution is 0.0943. The highest BCUT2D eigenvalue weighted by molar-refractivity contribution is 7.11. The maximum Gasteiger partial charge on any atom is 0.315 e. The summed E-state index contributed by atoms with van der Waals surface area (Å²) in [4.78, 5) is 17.2. The number of rotatable bonds is 4. The highest BCUT2D eigenvalue weighted by Gasteiger charge is 2.24. The molecule has 2 rings (SSSR count). The smallest absolute Gasteiger partial charge is 0.315 e. The number of thiazole rings is 1. The van der Waals surface area contributed by atoms with E-state index in [-0.39, 0.29) is 12.1 Å². The molecule has 1 aromatic heterocycles. The van der Waals surface area contributed by atoms with Crippen LogP contribution in [0.4, 0.5) is 4.79 Å². The van der Waals surface area contributed by atoms with Gasteiger partial charge in [0.1, 0.15) is 5.01 Å². The predicted octanol–water partition coefficient (Wildman–Crippen LogP) is 1.81. The van der Waals surface area contributed by atoms with Gasteiger partial charge in [-0.3, -0.25) is 0 Å². The van der Waals surface area contributed by atoms with Gasteiger partial charge in [-0.15, -0.1) is 11.3 Å². The summed E-state index contributed by atoms with van der Waals surface area (Å²) >= 11 is 1.62. The molecule has 1 aromatic rings. The van der Waals surface area contributed by atoms with Gasteiger partial charge in [0.25, 0.3) is 0 Å². The fourth-order valence-corrected chi connectivity index (χ4v) is 3.05. The summed E-state index contributed by atoms with van der Waals surface area (Å²) in [7, 11) is 0. The summed E-state index contributed by atoms with van der Waals surface area (Å²) in [5, 5.41) is 16.3. The van der Waals surface area contributed by atoms with E-state index in [1.807, 2.05) is 6.20 Å². The Morgan fingerprint density at radius 1 is 1.53 bits per heavy atom. The molecule has 0 radical (unpaired) electrons. The predicted molar refractivity (Wildman–Crippen MR) is 75.1 cm³/mol. The van der Waals surface area contributed by atoms with E-state index in [0.29, 0.717) is 6.54 Å². The molecular weight excluding hydrogens is 262 g/mol. The van der Waals surface area contributed by atoms with Crippen molar-refractivity contribution in [2.75, 3.05) is 0 Å². The van der Waals surface area contributed by atoms with Crippen LogP contribution in [0.15, 0.2) is 6.20 Å². The molecule has 106 valence electrons. The van der Waals surface area contributed by atoms with Crippen molar-refractivity contribution in [3.05, 3.63) is 16.1 Å². The van der Waals surface area contributed by atoms with Gasteiger partial charge in [-0.1, -0.05) is 19.8 Å². The number of carbonyl (C=O) groups excluding carboxylic acids is 1. The van der Waals surface area contributed by atoms with Crippen molar-refractivity contribution < 1.29 is 9.90 Å². The standard InChI is InChI=1S/C13H21N3O2S/c1-2-9-7-14-12(19-9)8-15-13(18)16-10-5-3-4-6-11(10)17/h7,10-11,17H,2-6,8H2,1H3,(H2,15,16,18). The Hall–Kier alpha value is -1.14. The van der Waals surface area contributed by atoms with Crippen LogP contribution in [0.25, 0.3) is 0 Å². The Morgan fingerprint density at radius 2 is 2.32 bits per heavy atom. The Labute approximate surface area is 117 Å². The lowest BCUT2D eigenvalue weighted by atomic mass is 9.93. The topological polar surface area (TPSA) is 74.2 Å². The largest absolute Gasteiger partial charge is 0.391 e. The van der Waals surface area contributed by atoms with E-state index in [1.54, 1.807) is 11.3 Å². The van der Waals surface area contributed by atoms with Crippen molar-refractivity contribution in [3.8, 4) is 0 Å². The van der Waals surface area contributed by atoms with Gasteiger partial charge in [0, 0.05) is 11.1 Å². The zero-order valence-electron chi connectivity index (χ0n) is 11.2. The number of aliphatic hydroxyl groups excluding tert-OH is 1. The van der Waals surface area contributed by atoms with Crippen LogP contribution in [0, 0.1) is 0 Å². The van der Waals surface area contributed by atoms with Crippen LogP contribution < -0.4 is 10.6 Å². The van der Waals surface area contributed by atoms with Gasteiger partial charge in [0.15, 0.2) is 0 Å². The highest BCUT2D eigenvalue weighted by Crippen LogP contribution is 2.18. The maximum absolute atomic E-state index is 11.8. The third kappa shape index (κ3) is 4.18. The molecule has 6 heteroatoms. The monoisotopic (exact) mass is 283 g/mol. The Balaban J connectivity index is 1.74. The van der Waals surface area contributed by atoms with Crippen molar-refractivity contribution in [1.29, 1.82) is 0 Å². The van der Waals surface area contributed by atoms with Gasteiger partial charge < -0.3 is 15.7 Å². The van der Waals surface area contributed by atoms with Gasteiger partial charge in [-0.05, 0) is 19.3 Å². The van der Waals surface area contributed by atoms with Crippen LogP contribution >= 0.6 is 11.3 Å². The van der Waals surface area contributed by atoms with E-state index in [0.717, 1.165) is 37.1 Å². The van der Waals surface area contributed by atoms with E-state index in [1.165, 1.54) is 4.88 Å². The first kappa shape index (κ1) is 14.3. The molecule has 0 aromatic carbocycles. The van der Waals surface area contributed by atoms with Gasteiger partial charge in [-0.2, -0.15) is 0 Å². The van der Waals surface area contributed by atoms with E-state index in [9.17, 15) is 9.90 Å². The van der Waals surface area contributed by atoms with Crippen molar-refractivity contribution in [2.24, 2.45) is 0 Å². The fraction of sp³-hybridized carbons (Fsp3) is 0.692. The zero-order valence-corrected chi connectivity index (χ0v) is 12.0. The van der Waals surface area contributed by atoms with Crippen LogP contribution in [0.2, 0.25) is 0 Å². The molecule has 0 saturated heterocycles. The molecule has 1 aliphatic rings. The number of hydrogen-bond donors (Lipinski definition) is 3. The summed E-state index contributed by atoms with van der Waals surface area (Å²) < 4.78 is 0. The summed E-state index contributed by atoms with van der Waals surface area (Å²) in [6.07, 6.45) is 6.14. The molecule has 2 unspecified atom stereocenters. The minimum absolute atomic E-state index is 0.115. The van der Waals surface area contributed by atoms with Crippen molar-refractivity contribution in [2.45, 2.75) is 57.7 Å². The second-order valence-corrected chi connectivity index (χ2v) is 6.06. The Morgan fingerprint density at radius 3 is 3.00 bits per heavy atom. The molecule has 19 heavy (non-hydrogen) atoms. The number of aryl methyl sites for hydroxylation is 1. The number of aromatic nitrogens is 1. The molecule has 5 nitrogen and oxygen atoms in total. The first-order chi connectivity index (χ1) is 9.19. The van der Waals surface area contributed by atoms with E-state index in [4.69, 9.17) is 0 Å². The number of aliphatic hydroxyl groups is 1. The number of nitrogens with one attached hydrogen (secondary N) is 2. The summed E-state index contributed by atoms with van der Waals surface area (Å²) in [6, 6.07) is -0.338. The van der Waals surface area contributed by atoms with Gasteiger partial charge in [0.05, 0.1) is 18.7 Å². The van der Waals surface area contributed by atoms with E-state index < -0.39 is 6.10 Å². The molecular formula is C13H21N3O2S.